The van der Waals surface area contributed by atoms with Crippen molar-refractivity contribution >= 4 is 13.3 Å². The summed E-state index contributed by atoms with van der Waals surface area (Å²) >= 11 is 0. The first-order chi connectivity index (χ1) is 8.80. The van der Waals surface area contributed by atoms with Gasteiger partial charge in [0.15, 0.2) is 0 Å². The van der Waals surface area contributed by atoms with E-state index in [1.807, 2.05) is 13.8 Å². The molecule has 0 aromatic rings. The van der Waals surface area contributed by atoms with Crippen LogP contribution in [0, 0.1) is 11.8 Å². The van der Waals surface area contributed by atoms with Gasteiger partial charge in [-0.3, -0.25) is 14.2 Å². The highest BCUT2D eigenvalue weighted by Gasteiger charge is 2.41. The maximum absolute atomic E-state index is 12.0. The Labute approximate surface area is 114 Å². The highest BCUT2D eigenvalue weighted by atomic mass is 31.2. The molecule has 4 atom stereocenters. The van der Waals surface area contributed by atoms with Crippen LogP contribution in [0.5, 0.6) is 0 Å². The lowest BCUT2D eigenvalue weighted by molar-refractivity contribution is -0.178. The molecule has 2 fully saturated rings. The van der Waals surface area contributed by atoms with Crippen molar-refractivity contribution in [2.24, 2.45) is 11.8 Å². The largest absolute Gasteiger partial charge is 0.344 e. The van der Waals surface area contributed by atoms with Gasteiger partial charge in [-0.15, -0.1) is 0 Å². The Kier molecular flexibility index (Phi) is 4.38. The molecular formula is C13H24NO4P. The Morgan fingerprint density at radius 1 is 1.47 bits per heavy atom. The van der Waals surface area contributed by atoms with E-state index in [1.165, 1.54) is 24.6 Å². The Bertz CT molecular complexity index is 390. The molecule has 2 rings (SSSR count). The van der Waals surface area contributed by atoms with Gasteiger partial charge in [-0.05, 0) is 25.2 Å². The monoisotopic (exact) mass is 289 g/mol. The normalized spacial score (nSPS) is 28.0. The van der Waals surface area contributed by atoms with Crippen LogP contribution in [0.4, 0.5) is 0 Å². The Morgan fingerprint density at radius 2 is 2.11 bits per heavy atom. The van der Waals surface area contributed by atoms with Gasteiger partial charge in [0.2, 0.25) is 13.3 Å². The molecular weight excluding hydrogens is 265 g/mol. The summed E-state index contributed by atoms with van der Waals surface area (Å²) in [7, 11) is -3.15. The van der Waals surface area contributed by atoms with Crippen molar-refractivity contribution in [2.75, 3.05) is 13.3 Å². The fraction of sp³-hybridized carbons (Fsp3) is 0.923. The first-order valence-electron chi connectivity index (χ1n) is 7.05. The van der Waals surface area contributed by atoms with Crippen LogP contribution in [-0.2, 0) is 14.2 Å². The number of hydrogen-bond acceptors (Lipinski definition) is 3. The van der Waals surface area contributed by atoms with Crippen LogP contribution in [0.15, 0.2) is 0 Å². The van der Waals surface area contributed by atoms with E-state index in [0.717, 1.165) is 6.42 Å². The fourth-order valence-electron chi connectivity index (χ4n) is 2.82. The fourth-order valence-corrected chi connectivity index (χ4v) is 3.90. The van der Waals surface area contributed by atoms with Crippen LogP contribution in [0.25, 0.3) is 0 Å². The quantitative estimate of drug-likeness (QED) is 0.762. The molecule has 0 radical (unpaired) electrons. The average Bonchev–Trinajstić information content (AvgIpc) is 3.04. The highest BCUT2D eigenvalue weighted by Crippen LogP contribution is 2.50. The molecule has 1 saturated carbocycles. The van der Waals surface area contributed by atoms with Crippen molar-refractivity contribution in [1.29, 1.82) is 0 Å². The molecule has 1 heterocycles. The lowest BCUT2D eigenvalue weighted by Gasteiger charge is -2.35. The summed E-state index contributed by atoms with van der Waals surface area (Å²) in [4.78, 5) is 27.0. The third-order valence-corrected chi connectivity index (χ3v) is 6.35. The van der Waals surface area contributed by atoms with Gasteiger partial charge in [0.1, 0.15) is 0 Å². The molecule has 0 aromatic heterocycles. The summed E-state index contributed by atoms with van der Waals surface area (Å²) < 4.78 is 12.0. The molecule has 19 heavy (non-hydrogen) atoms. The molecule has 0 spiro atoms. The number of amides is 1. The van der Waals surface area contributed by atoms with Crippen LogP contribution in [-0.4, -0.2) is 40.8 Å². The minimum Gasteiger partial charge on any atom is -0.344 e. The highest BCUT2D eigenvalue weighted by molar-refractivity contribution is 7.57. The summed E-state index contributed by atoms with van der Waals surface area (Å²) in [5.41, 5.74) is -0.305. The number of carbonyl (C=O) groups excluding carboxylic acids is 1. The number of nitrogens with zero attached hydrogens (tertiary/aromatic N) is 1. The van der Waals surface area contributed by atoms with E-state index in [4.69, 9.17) is 4.84 Å². The van der Waals surface area contributed by atoms with Crippen LogP contribution in [0.2, 0.25) is 0 Å². The lowest BCUT2D eigenvalue weighted by atomic mass is 9.91. The lowest BCUT2D eigenvalue weighted by Crippen LogP contribution is -2.42. The van der Waals surface area contributed by atoms with E-state index in [1.54, 1.807) is 0 Å². The average molecular weight is 289 g/mol. The van der Waals surface area contributed by atoms with Crippen molar-refractivity contribution in [3.63, 3.8) is 0 Å². The van der Waals surface area contributed by atoms with E-state index >= 15 is 0 Å². The van der Waals surface area contributed by atoms with Crippen molar-refractivity contribution in [2.45, 2.75) is 51.2 Å². The third kappa shape index (κ3) is 3.59. The van der Waals surface area contributed by atoms with Gasteiger partial charge >= 0.3 is 0 Å². The minimum atomic E-state index is -3.15. The number of hydrogen-bond donors (Lipinski definition) is 1. The number of hydroxylamine groups is 2. The smallest absolute Gasteiger partial charge is 0.248 e. The Hall–Kier alpha value is -0.380. The van der Waals surface area contributed by atoms with E-state index < -0.39 is 7.37 Å². The van der Waals surface area contributed by atoms with Gasteiger partial charge < -0.3 is 4.89 Å². The second kappa shape index (κ2) is 5.55. The predicted octanol–water partition coefficient (Wildman–Crippen LogP) is 2.24. The molecule has 1 aliphatic heterocycles. The molecule has 2 aliphatic rings. The summed E-state index contributed by atoms with van der Waals surface area (Å²) in [6, 6.07) is -0.133. The van der Waals surface area contributed by atoms with Crippen molar-refractivity contribution in [3.8, 4) is 0 Å². The molecule has 1 amide bonds. The standard InChI is InChI=1S/C13H24NO4P/c1-9(14-13(15)6-7-18-14)12(8-11-4-5-11)10(2)19(3,16)17/h9-12H,4-8H2,1-3H3,(H,16,17). The summed E-state index contributed by atoms with van der Waals surface area (Å²) in [6.07, 6.45) is 3.72. The minimum absolute atomic E-state index is 0.00984. The van der Waals surface area contributed by atoms with Gasteiger partial charge in [-0.2, -0.15) is 0 Å². The van der Waals surface area contributed by atoms with Crippen LogP contribution in [0.3, 0.4) is 0 Å². The number of carbonyl (C=O) groups is 1. The van der Waals surface area contributed by atoms with E-state index in [2.05, 4.69) is 0 Å². The van der Waals surface area contributed by atoms with Crippen molar-refractivity contribution in [1.82, 2.24) is 5.06 Å². The Balaban J connectivity index is 2.11. The summed E-state index contributed by atoms with van der Waals surface area (Å²) in [5, 5.41) is 1.43. The SMILES string of the molecule is CC(C(CC1CC1)C(C)P(C)(=O)O)N1OCCC1=O. The summed E-state index contributed by atoms with van der Waals surface area (Å²) in [6.45, 7) is 5.60. The second-order valence-electron chi connectivity index (χ2n) is 6.07. The molecule has 4 unspecified atom stereocenters. The zero-order chi connectivity index (χ0) is 14.2. The number of rotatable bonds is 6. The maximum Gasteiger partial charge on any atom is 0.248 e. The van der Waals surface area contributed by atoms with Crippen LogP contribution >= 0.6 is 7.37 Å². The zero-order valence-corrected chi connectivity index (χ0v) is 12.8. The van der Waals surface area contributed by atoms with Gasteiger partial charge in [-0.1, -0.05) is 19.8 Å². The van der Waals surface area contributed by atoms with E-state index in [-0.39, 0.29) is 23.5 Å². The van der Waals surface area contributed by atoms with Gasteiger partial charge in [0.25, 0.3) is 0 Å². The van der Waals surface area contributed by atoms with Crippen LogP contribution in [0.1, 0.15) is 39.5 Å². The zero-order valence-electron chi connectivity index (χ0n) is 11.9. The molecule has 0 aromatic carbocycles. The van der Waals surface area contributed by atoms with E-state index in [0.29, 0.717) is 18.9 Å². The van der Waals surface area contributed by atoms with Gasteiger partial charge in [-0.25, -0.2) is 5.06 Å². The predicted molar refractivity (Wildman–Crippen MR) is 72.9 cm³/mol. The topological polar surface area (TPSA) is 66.8 Å². The maximum atomic E-state index is 12.0. The molecule has 110 valence electrons. The van der Waals surface area contributed by atoms with Crippen molar-refractivity contribution in [3.05, 3.63) is 0 Å². The molecule has 1 saturated heterocycles. The molecule has 5 nitrogen and oxygen atoms in total. The Morgan fingerprint density at radius 3 is 2.53 bits per heavy atom. The molecule has 1 aliphatic carbocycles. The van der Waals surface area contributed by atoms with E-state index in [9.17, 15) is 14.3 Å². The first-order valence-corrected chi connectivity index (χ1v) is 9.23. The van der Waals surface area contributed by atoms with Gasteiger partial charge in [0.05, 0.1) is 19.1 Å². The third-order valence-electron chi connectivity index (χ3n) is 4.46. The van der Waals surface area contributed by atoms with Gasteiger partial charge in [0, 0.05) is 12.3 Å². The second-order valence-corrected chi connectivity index (χ2v) is 8.77. The van der Waals surface area contributed by atoms with Crippen molar-refractivity contribution < 1.29 is 19.1 Å². The molecule has 6 heteroatoms. The summed E-state index contributed by atoms with van der Waals surface area (Å²) in [5.74, 6) is 0.666. The van der Waals surface area contributed by atoms with Crippen LogP contribution < -0.4 is 0 Å². The molecule has 1 N–H and O–H groups in total. The molecule has 0 bridgehead atoms. The first kappa shape index (κ1) is 15.0.